The Morgan fingerprint density at radius 2 is 2.15 bits per heavy atom. The molecule has 2 aliphatic rings. The zero-order valence-corrected chi connectivity index (χ0v) is 8.63. The lowest BCUT2D eigenvalue weighted by Crippen LogP contribution is -2.05. The van der Waals surface area contributed by atoms with Crippen LogP contribution < -0.4 is 0 Å². The highest BCUT2D eigenvalue weighted by atomic mass is 14.3. The van der Waals surface area contributed by atoms with E-state index in [-0.39, 0.29) is 0 Å². The van der Waals surface area contributed by atoms with Gasteiger partial charge in [0.15, 0.2) is 0 Å². The minimum absolute atomic E-state index is 0.919. The van der Waals surface area contributed by atoms with Crippen LogP contribution in [-0.2, 0) is 0 Å². The van der Waals surface area contributed by atoms with Gasteiger partial charge in [0, 0.05) is 0 Å². The van der Waals surface area contributed by atoms with Gasteiger partial charge in [-0.15, -0.1) is 0 Å². The van der Waals surface area contributed by atoms with Crippen LogP contribution in [0.15, 0.2) is 23.8 Å². The van der Waals surface area contributed by atoms with Crippen LogP contribution in [-0.4, -0.2) is 0 Å². The summed E-state index contributed by atoms with van der Waals surface area (Å²) in [4.78, 5) is 0. The van der Waals surface area contributed by atoms with E-state index in [1.54, 1.807) is 5.57 Å². The van der Waals surface area contributed by atoms with Crippen LogP contribution in [0.5, 0.6) is 0 Å². The molecule has 0 bridgehead atoms. The van der Waals surface area contributed by atoms with Gasteiger partial charge in [0.1, 0.15) is 0 Å². The number of hydrogen-bond donors (Lipinski definition) is 0. The molecule has 0 spiro atoms. The molecule has 0 aliphatic heterocycles. The summed E-state index contributed by atoms with van der Waals surface area (Å²) in [6.45, 7) is 2.42. The van der Waals surface area contributed by atoms with Gasteiger partial charge in [-0.2, -0.15) is 0 Å². The molecule has 2 atom stereocenters. The Morgan fingerprint density at radius 1 is 1.23 bits per heavy atom. The fourth-order valence-corrected chi connectivity index (χ4v) is 2.74. The van der Waals surface area contributed by atoms with Crippen LogP contribution in [0, 0.1) is 11.8 Å². The number of rotatable bonds is 0. The van der Waals surface area contributed by atoms with Crippen LogP contribution in [0.2, 0.25) is 0 Å². The average Bonchev–Trinajstić information content (AvgIpc) is 2.51. The summed E-state index contributed by atoms with van der Waals surface area (Å²) in [7, 11) is 0. The Hall–Kier alpha value is -0.520. The van der Waals surface area contributed by atoms with E-state index in [2.05, 4.69) is 25.2 Å². The van der Waals surface area contributed by atoms with Crippen molar-refractivity contribution in [1.82, 2.24) is 0 Å². The summed E-state index contributed by atoms with van der Waals surface area (Å²) < 4.78 is 0. The molecule has 13 heavy (non-hydrogen) atoms. The van der Waals surface area contributed by atoms with E-state index in [0.29, 0.717) is 0 Å². The van der Waals surface area contributed by atoms with Crippen molar-refractivity contribution >= 4 is 0 Å². The summed E-state index contributed by atoms with van der Waals surface area (Å²) in [6, 6.07) is 0. The van der Waals surface area contributed by atoms with E-state index in [1.807, 2.05) is 0 Å². The van der Waals surface area contributed by atoms with E-state index >= 15 is 0 Å². The minimum atomic E-state index is 0.919. The largest absolute Gasteiger partial charge is 0.0845 e. The molecule has 2 rings (SSSR count). The van der Waals surface area contributed by atoms with Gasteiger partial charge >= 0.3 is 0 Å². The van der Waals surface area contributed by atoms with Crippen molar-refractivity contribution in [3.63, 3.8) is 0 Å². The second kappa shape index (κ2) is 4.13. The fourth-order valence-electron chi connectivity index (χ4n) is 2.74. The smallest absolute Gasteiger partial charge is 0.0174 e. The van der Waals surface area contributed by atoms with E-state index in [4.69, 9.17) is 0 Å². The van der Waals surface area contributed by atoms with Gasteiger partial charge in [-0.3, -0.25) is 0 Å². The molecule has 1 saturated carbocycles. The van der Waals surface area contributed by atoms with Gasteiger partial charge in [0.25, 0.3) is 0 Å². The Balaban J connectivity index is 2.12. The summed E-state index contributed by atoms with van der Waals surface area (Å²) >= 11 is 0. The Morgan fingerprint density at radius 3 is 3.08 bits per heavy atom. The zero-order chi connectivity index (χ0) is 9.10. The molecule has 2 aliphatic carbocycles. The molecule has 0 radical (unpaired) electrons. The maximum atomic E-state index is 2.42. The van der Waals surface area contributed by atoms with E-state index in [9.17, 15) is 0 Å². The molecule has 0 aromatic heterocycles. The molecule has 72 valence electrons. The van der Waals surface area contributed by atoms with Gasteiger partial charge in [-0.1, -0.05) is 37.1 Å². The second-order valence-electron chi connectivity index (χ2n) is 4.58. The Kier molecular flexibility index (Phi) is 2.87. The lowest BCUT2D eigenvalue weighted by molar-refractivity contribution is 0.417. The van der Waals surface area contributed by atoms with E-state index < -0.39 is 0 Å². The Bertz CT molecular complexity index is 222. The van der Waals surface area contributed by atoms with Crippen molar-refractivity contribution in [3.05, 3.63) is 23.8 Å². The molecule has 0 aromatic rings. The van der Waals surface area contributed by atoms with Gasteiger partial charge in [0.05, 0.1) is 0 Å². The first-order valence-corrected chi connectivity index (χ1v) is 5.73. The highest BCUT2D eigenvalue weighted by molar-refractivity contribution is 5.19. The van der Waals surface area contributed by atoms with Gasteiger partial charge in [-0.25, -0.2) is 0 Å². The van der Waals surface area contributed by atoms with Crippen molar-refractivity contribution in [1.29, 1.82) is 0 Å². The summed E-state index contributed by atoms with van der Waals surface area (Å²) in [5.74, 6) is 1.86. The standard InChI is InChI=1S/C13H20/c1-11-9-10-12-7-5-3-2-4-6-8-13(11)12/h3,5,7,11,13H,2,4,6,8-10H2,1H3/b5-3+,12-7-. The first-order valence-electron chi connectivity index (χ1n) is 5.73. The lowest BCUT2D eigenvalue weighted by atomic mass is 9.89. The monoisotopic (exact) mass is 176 g/mol. The van der Waals surface area contributed by atoms with Crippen molar-refractivity contribution in [2.45, 2.75) is 45.4 Å². The molecular weight excluding hydrogens is 156 g/mol. The minimum Gasteiger partial charge on any atom is -0.0845 e. The summed E-state index contributed by atoms with van der Waals surface area (Å²) in [6.07, 6.45) is 15.3. The number of hydrogen-bond acceptors (Lipinski definition) is 0. The fraction of sp³-hybridized carbons (Fsp3) is 0.692. The highest BCUT2D eigenvalue weighted by Gasteiger charge is 2.27. The first-order chi connectivity index (χ1) is 6.38. The topological polar surface area (TPSA) is 0 Å². The predicted octanol–water partition coefficient (Wildman–Crippen LogP) is 4.09. The van der Waals surface area contributed by atoms with Crippen molar-refractivity contribution in [3.8, 4) is 0 Å². The van der Waals surface area contributed by atoms with Crippen molar-refractivity contribution in [2.75, 3.05) is 0 Å². The molecule has 0 amide bonds. The molecule has 0 nitrogen and oxygen atoms in total. The van der Waals surface area contributed by atoms with Crippen LogP contribution >= 0.6 is 0 Å². The van der Waals surface area contributed by atoms with Gasteiger partial charge < -0.3 is 0 Å². The molecular formula is C13H20. The van der Waals surface area contributed by atoms with Gasteiger partial charge in [-0.05, 0) is 43.9 Å². The van der Waals surface area contributed by atoms with Crippen LogP contribution in [0.25, 0.3) is 0 Å². The molecule has 0 heteroatoms. The Labute approximate surface area is 81.7 Å². The zero-order valence-electron chi connectivity index (χ0n) is 8.63. The van der Waals surface area contributed by atoms with Crippen LogP contribution in [0.1, 0.15) is 45.4 Å². The third kappa shape index (κ3) is 2.04. The third-order valence-corrected chi connectivity index (χ3v) is 3.63. The van der Waals surface area contributed by atoms with Crippen molar-refractivity contribution < 1.29 is 0 Å². The van der Waals surface area contributed by atoms with Crippen LogP contribution in [0.3, 0.4) is 0 Å². The molecule has 0 aromatic carbocycles. The van der Waals surface area contributed by atoms with Crippen LogP contribution in [0.4, 0.5) is 0 Å². The maximum Gasteiger partial charge on any atom is -0.0174 e. The second-order valence-corrected chi connectivity index (χ2v) is 4.58. The summed E-state index contributed by atoms with van der Waals surface area (Å²) in [5, 5.41) is 0. The quantitative estimate of drug-likeness (QED) is 0.521. The normalized spacial score (nSPS) is 40.8. The first kappa shape index (κ1) is 9.05. The SMILES string of the molecule is CC1CC/C2=C/C=C/CCCCC21. The molecule has 2 unspecified atom stereocenters. The lowest BCUT2D eigenvalue weighted by Gasteiger charge is -2.16. The highest BCUT2D eigenvalue weighted by Crippen LogP contribution is 2.39. The molecule has 0 saturated heterocycles. The van der Waals surface area contributed by atoms with Crippen molar-refractivity contribution in [2.24, 2.45) is 11.8 Å². The maximum absolute atomic E-state index is 2.42. The third-order valence-electron chi connectivity index (χ3n) is 3.63. The average molecular weight is 176 g/mol. The van der Waals surface area contributed by atoms with Gasteiger partial charge in [0.2, 0.25) is 0 Å². The number of fused-ring (bicyclic) bond motifs is 1. The molecule has 1 fully saturated rings. The predicted molar refractivity (Wildman–Crippen MR) is 57.6 cm³/mol. The van der Waals surface area contributed by atoms with E-state index in [0.717, 1.165) is 11.8 Å². The van der Waals surface area contributed by atoms with E-state index in [1.165, 1.54) is 38.5 Å². The molecule has 0 N–H and O–H groups in total. The molecule has 0 heterocycles. The number of allylic oxidation sites excluding steroid dienone is 4. The summed E-state index contributed by atoms with van der Waals surface area (Å²) in [5.41, 5.74) is 1.73.